The van der Waals surface area contributed by atoms with E-state index in [1.165, 1.54) is 19.3 Å². The molecule has 0 saturated carbocycles. The second-order valence-electron chi connectivity index (χ2n) is 4.67. The first-order chi connectivity index (χ1) is 8.10. The molecule has 0 aromatic heterocycles. The summed E-state index contributed by atoms with van der Waals surface area (Å²) in [6, 6.07) is 0. The van der Waals surface area contributed by atoms with Gasteiger partial charge in [-0.05, 0) is 25.8 Å². The van der Waals surface area contributed by atoms with Gasteiger partial charge in [-0.3, -0.25) is 4.79 Å². The highest BCUT2D eigenvalue weighted by atomic mass is 16.5. The molecule has 0 heterocycles. The Morgan fingerprint density at radius 2 is 1.94 bits per heavy atom. The van der Waals surface area contributed by atoms with Crippen molar-refractivity contribution in [3.05, 3.63) is 18.4 Å². The fraction of sp³-hybridized carbons (Fsp3) is 0.733. The summed E-state index contributed by atoms with van der Waals surface area (Å²) >= 11 is 0. The van der Waals surface area contributed by atoms with Crippen LogP contribution >= 0.6 is 0 Å². The average molecular weight is 238 g/mol. The van der Waals surface area contributed by atoms with Crippen LogP contribution in [-0.2, 0) is 9.53 Å². The highest BCUT2D eigenvalue weighted by Crippen LogP contribution is 2.24. The maximum absolute atomic E-state index is 11.9. The number of esters is 1. The van der Waals surface area contributed by atoms with Crippen molar-refractivity contribution in [3.63, 3.8) is 0 Å². The summed E-state index contributed by atoms with van der Waals surface area (Å²) in [6.07, 6.45) is 8.24. The largest absolute Gasteiger partial charge is 0.465 e. The van der Waals surface area contributed by atoms with Gasteiger partial charge in [-0.15, -0.1) is 5.73 Å². The smallest absolute Gasteiger partial charge is 0.316 e. The van der Waals surface area contributed by atoms with E-state index in [0.29, 0.717) is 13.0 Å². The van der Waals surface area contributed by atoms with Crippen molar-refractivity contribution in [1.82, 2.24) is 0 Å². The molecule has 0 rings (SSSR count). The molecule has 17 heavy (non-hydrogen) atoms. The lowest BCUT2D eigenvalue weighted by atomic mass is 9.88. The Morgan fingerprint density at radius 1 is 1.29 bits per heavy atom. The molecule has 0 aliphatic carbocycles. The van der Waals surface area contributed by atoms with Crippen molar-refractivity contribution in [2.24, 2.45) is 5.41 Å². The van der Waals surface area contributed by atoms with E-state index in [4.69, 9.17) is 4.74 Å². The summed E-state index contributed by atoms with van der Waals surface area (Å²) in [6.45, 7) is 10.1. The molecule has 1 atom stereocenters. The van der Waals surface area contributed by atoms with E-state index in [9.17, 15) is 4.79 Å². The summed E-state index contributed by atoms with van der Waals surface area (Å²) in [4.78, 5) is 11.9. The van der Waals surface area contributed by atoms with Gasteiger partial charge in [0, 0.05) is 0 Å². The first kappa shape index (κ1) is 16.0. The van der Waals surface area contributed by atoms with Gasteiger partial charge in [-0.1, -0.05) is 46.1 Å². The summed E-state index contributed by atoms with van der Waals surface area (Å²) < 4.78 is 5.29. The summed E-state index contributed by atoms with van der Waals surface area (Å²) in [5, 5.41) is 0. The highest BCUT2D eigenvalue weighted by Gasteiger charge is 2.29. The first-order valence-corrected chi connectivity index (χ1v) is 6.65. The lowest BCUT2D eigenvalue weighted by Crippen LogP contribution is -2.27. The van der Waals surface area contributed by atoms with Crippen LogP contribution in [0.5, 0.6) is 0 Å². The van der Waals surface area contributed by atoms with Gasteiger partial charge in [0.2, 0.25) is 0 Å². The normalized spacial score (nSPS) is 13.6. The average Bonchev–Trinajstić information content (AvgIpc) is 2.33. The van der Waals surface area contributed by atoms with Crippen LogP contribution in [0.2, 0.25) is 0 Å². The molecule has 0 radical (unpaired) electrons. The fourth-order valence-corrected chi connectivity index (χ4v) is 1.57. The number of carbonyl (C=O) groups is 1. The minimum atomic E-state index is -0.564. The predicted octanol–water partition coefficient (Wildman–Crippen LogP) is 4.26. The van der Waals surface area contributed by atoms with Crippen LogP contribution in [0.15, 0.2) is 18.4 Å². The number of rotatable bonds is 9. The van der Waals surface area contributed by atoms with Crippen LogP contribution in [-0.4, -0.2) is 12.6 Å². The van der Waals surface area contributed by atoms with Crippen molar-refractivity contribution >= 4 is 5.97 Å². The molecule has 0 saturated heterocycles. The van der Waals surface area contributed by atoms with Crippen LogP contribution < -0.4 is 0 Å². The minimum Gasteiger partial charge on any atom is -0.465 e. The molecule has 0 spiro atoms. The quantitative estimate of drug-likeness (QED) is 0.341. The zero-order valence-corrected chi connectivity index (χ0v) is 11.6. The molecule has 0 aliphatic rings. The Morgan fingerprint density at radius 3 is 2.47 bits per heavy atom. The second-order valence-corrected chi connectivity index (χ2v) is 4.67. The van der Waals surface area contributed by atoms with Crippen molar-refractivity contribution < 1.29 is 9.53 Å². The first-order valence-electron chi connectivity index (χ1n) is 6.65. The van der Waals surface area contributed by atoms with E-state index >= 15 is 0 Å². The molecule has 2 heteroatoms. The van der Waals surface area contributed by atoms with Crippen LogP contribution in [0.1, 0.15) is 59.3 Å². The predicted molar refractivity (Wildman–Crippen MR) is 71.8 cm³/mol. The van der Waals surface area contributed by atoms with Crippen LogP contribution in [0.25, 0.3) is 0 Å². The SMILES string of the molecule is C=C=CC(C)(CC)C(=O)OCCCCCCC. The maximum atomic E-state index is 11.9. The van der Waals surface area contributed by atoms with E-state index in [1.807, 2.05) is 13.8 Å². The Bertz CT molecular complexity index is 264. The van der Waals surface area contributed by atoms with Crippen LogP contribution in [0.4, 0.5) is 0 Å². The lowest BCUT2D eigenvalue weighted by molar-refractivity contribution is -0.152. The highest BCUT2D eigenvalue weighted by molar-refractivity contribution is 5.78. The Labute approximate surface area is 106 Å². The third kappa shape index (κ3) is 6.33. The van der Waals surface area contributed by atoms with E-state index in [0.717, 1.165) is 12.8 Å². The number of carbonyl (C=O) groups excluding carboxylic acids is 1. The second kappa shape index (κ2) is 9.07. The van der Waals surface area contributed by atoms with Crippen LogP contribution in [0, 0.1) is 5.41 Å². The number of hydrogen-bond donors (Lipinski definition) is 0. The van der Waals surface area contributed by atoms with Gasteiger partial charge in [0.15, 0.2) is 0 Å². The molecule has 0 aromatic rings. The molecule has 0 N–H and O–H groups in total. The molecular formula is C15H26O2. The summed E-state index contributed by atoms with van der Waals surface area (Å²) in [5.41, 5.74) is 2.12. The molecule has 0 bridgehead atoms. The molecular weight excluding hydrogens is 212 g/mol. The van der Waals surface area contributed by atoms with Gasteiger partial charge >= 0.3 is 5.97 Å². The maximum Gasteiger partial charge on any atom is 0.316 e. The molecule has 1 unspecified atom stereocenters. The van der Waals surface area contributed by atoms with Gasteiger partial charge in [-0.2, -0.15) is 0 Å². The summed E-state index contributed by atoms with van der Waals surface area (Å²) in [5.74, 6) is -0.161. The zero-order chi connectivity index (χ0) is 13.1. The van der Waals surface area contributed by atoms with Crippen molar-refractivity contribution in [2.75, 3.05) is 6.61 Å². The number of unbranched alkanes of at least 4 members (excludes halogenated alkanes) is 4. The van der Waals surface area contributed by atoms with Crippen molar-refractivity contribution in [2.45, 2.75) is 59.3 Å². The van der Waals surface area contributed by atoms with Gasteiger partial charge in [0.05, 0.1) is 12.0 Å². The molecule has 0 aliphatic heterocycles. The van der Waals surface area contributed by atoms with Gasteiger partial charge in [0.25, 0.3) is 0 Å². The fourth-order valence-electron chi connectivity index (χ4n) is 1.57. The minimum absolute atomic E-state index is 0.161. The monoisotopic (exact) mass is 238 g/mol. The van der Waals surface area contributed by atoms with Crippen molar-refractivity contribution in [1.29, 1.82) is 0 Å². The Kier molecular flexibility index (Phi) is 8.53. The Hall–Kier alpha value is -1.01. The molecule has 0 aromatic carbocycles. The van der Waals surface area contributed by atoms with Gasteiger partial charge < -0.3 is 4.74 Å². The van der Waals surface area contributed by atoms with E-state index < -0.39 is 5.41 Å². The third-order valence-corrected chi connectivity index (χ3v) is 3.10. The number of ether oxygens (including phenoxy) is 1. The standard InChI is InChI=1S/C15H26O2/c1-5-8-9-10-11-13-17-14(16)15(4,7-3)12-6-2/h12H,2,5,7-11,13H2,1,3-4H3. The van der Waals surface area contributed by atoms with Gasteiger partial charge in [-0.25, -0.2) is 0 Å². The van der Waals surface area contributed by atoms with E-state index in [1.54, 1.807) is 6.08 Å². The summed E-state index contributed by atoms with van der Waals surface area (Å²) in [7, 11) is 0. The third-order valence-electron chi connectivity index (χ3n) is 3.10. The van der Waals surface area contributed by atoms with Crippen LogP contribution in [0.3, 0.4) is 0 Å². The molecule has 0 amide bonds. The Balaban J connectivity index is 3.88. The molecule has 0 fully saturated rings. The lowest BCUT2D eigenvalue weighted by Gasteiger charge is -2.21. The number of hydrogen-bond acceptors (Lipinski definition) is 2. The van der Waals surface area contributed by atoms with E-state index in [2.05, 4.69) is 19.2 Å². The zero-order valence-electron chi connectivity index (χ0n) is 11.6. The molecule has 98 valence electrons. The van der Waals surface area contributed by atoms with Crippen molar-refractivity contribution in [3.8, 4) is 0 Å². The van der Waals surface area contributed by atoms with E-state index in [-0.39, 0.29) is 5.97 Å². The molecule has 2 nitrogen and oxygen atoms in total. The topological polar surface area (TPSA) is 26.3 Å². The van der Waals surface area contributed by atoms with Gasteiger partial charge in [0.1, 0.15) is 0 Å².